The molecular formula is C17H13Cl2N3O2. The monoisotopic (exact) mass is 361 g/mol. The molecule has 0 aliphatic carbocycles. The molecule has 0 saturated carbocycles. The molecule has 0 saturated heterocycles. The molecule has 0 atom stereocenters. The second kappa shape index (κ2) is 6.63. The van der Waals surface area contributed by atoms with E-state index in [0.29, 0.717) is 21.4 Å². The van der Waals surface area contributed by atoms with Crippen LogP contribution in [0.2, 0.25) is 10.0 Å². The molecule has 2 aromatic heterocycles. The summed E-state index contributed by atoms with van der Waals surface area (Å²) in [6, 6.07) is 10.2. The van der Waals surface area contributed by atoms with Crippen LogP contribution in [0.1, 0.15) is 21.9 Å². The van der Waals surface area contributed by atoms with Gasteiger partial charge in [-0.15, -0.1) is 0 Å². The Morgan fingerprint density at radius 1 is 1.08 bits per heavy atom. The fourth-order valence-corrected chi connectivity index (χ4v) is 2.64. The van der Waals surface area contributed by atoms with E-state index in [2.05, 4.69) is 15.3 Å². The van der Waals surface area contributed by atoms with Gasteiger partial charge in [-0.1, -0.05) is 29.3 Å². The van der Waals surface area contributed by atoms with Crippen LogP contribution in [-0.4, -0.2) is 15.9 Å². The highest BCUT2D eigenvalue weighted by atomic mass is 35.5. The standard InChI is InChI=1S/C17H13Cl2N3O2/c1-9-8-10(2)21-17(20-9)22-16(23)14-7-6-13(24-14)11-4-3-5-12(18)15(11)19/h3-8H,1-2H3,(H,20,21,22,23). The number of nitrogens with zero attached hydrogens (tertiary/aromatic N) is 2. The number of carbonyl (C=O) groups is 1. The van der Waals surface area contributed by atoms with Gasteiger partial charge in [0.2, 0.25) is 5.95 Å². The summed E-state index contributed by atoms with van der Waals surface area (Å²) in [5.74, 6) is 0.374. The predicted octanol–water partition coefficient (Wildman–Crippen LogP) is 4.91. The van der Waals surface area contributed by atoms with Gasteiger partial charge < -0.3 is 4.42 Å². The maximum absolute atomic E-state index is 12.3. The molecule has 1 amide bonds. The van der Waals surface area contributed by atoms with Crippen molar-refractivity contribution in [1.82, 2.24) is 9.97 Å². The molecule has 0 spiro atoms. The van der Waals surface area contributed by atoms with Gasteiger partial charge in [-0.2, -0.15) is 0 Å². The number of benzene rings is 1. The summed E-state index contributed by atoms with van der Waals surface area (Å²) >= 11 is 12.2. The second-order valence-corrected chi connectivity index (χ2v) is 5.98. The number of anilines is 1. The van der Waals surface area contributed by atoms with E-state index >= 15 is 0 Å². The van der Waals surface area contributed by atoms with Gasteiger partial charge in [0.05, 0.1) is 10.0 Å². The first-order chi connectivity index (χ1) is 11.4. The van der Waals surface area contributed by atoms with Crippen LogP contribution >= 0.6 is 23.2 Å². The molecule has 122 valence electrons. The molecule has 0 aliphatic heterocycles. The highest BCUT2D eigenvalue weighted by molar-refractivity contribution is 6.43. The molecule has 0 radical (unpaired) electrons. The SMILES string of the molecule is Cc1cc(C)nc(NC(=O)c2ccc(-c3cccc(Cl)c3Cl)o2)n1. The average molecular weight is 362 g/mol. The fraction of sp³-hybridized carbons (Fsp3) is 0.118. The van der Waals surface area contributed by atoms with Crippen molar-refractivity contribution < 1.29 is 9.21 Å². The van der Waals surface area contributed by atoms with Crippen molar-refractivity contribution in [2.24, 2.45) is 0 Å². The lowest BCUT2D eigenvalue weighted by molar-refractivity contribution is 0.0996. The van der Waals surface area contributed by atoms with Crippen LogP contribution in [0.25, 0.3) is 11.3 Å². The van der Waals surface area contributed by atoms with Gasteiger partial charge in [0.1, 0.15) is 5.76 Å². The maximum atomic E-state index is 12.3. The molecule has 1 N–H and O–H groups in total. The van der Waals surface area contributed by atoms with Crippen LogP contribution in [0.3, 0.4) is 0 Å². The Hall–Kier alpha value is -2.37. The number of aryl methyl sites for hydroxylation is 2. The molecular weight excluding hydrogens is 349 g/mol. The van der Waals surface area contributed by atoms with E-state index in [-0.39, 0.29) is 11.7 Å². The fourth-order valence-electron chi connectivity index (χ4n) is 2.24. The van der Waals surface area contributed by atoms with Gasteiger partial charge >= 0.3 is 0 Å². The quantitative estimate of drug-likeness (QED) is 0.719. The van der Waals surface area contributed by atoms with Gasteiger partial charge in [0.15, 0.2) is 5.76 Å². The second-order valence-electron chi connectivity index (χ2n) is 5.19. The van der Waals surface area contributed by atoms with Gasteiger partial charge in [0, 0.05) is 17.0 Å². The number of furan rings is 1. The van der Waals surface area contributed by atoms with Crippen LogP contribution in [0.4, 0.5) is 5.95 Å². The van der Waals surface area contributed by atoms with Crippen molar-refractivity contribution in [1.29, 1.82) is 0 Å². The Kier molecular flexibility index (Phi) is 4.55. The van der Waals surface area contributed by atoms with Crippen LogP contribution in [0, 0.1) is 13.8 Å². The zero-order valence-electron chi connectivity index (χ0n) is 12.9. The Morgan fingerprint density at radius 3 is 2.50 bits per heavy atom. The van der Waals surface area contributed by atoms with E-state index in [4.69, 9.17) is 27.6 Å². The van der Waals surface area contributed by atoms with E-state index in [1.165, 1.54) is 0 Å². The lowest BCUT2D eigenvalue weighted by Gasteiger charge is -2.04. The summed E-state index contributed by atoms with van der Waals surface area (Å²) in [7, 11) is 0. The van der Waals surface area contributed by atoms with Gasteiger partial charge in [0.25, 0.3) is 5.91 Å². The molecule has 3 rings (SSSR count). The number of carbonyl (C=O) groups excluding carboxylic acids is 1. The van der Waals surface area contributed by atoms with Crippen LogP contribution in [0.15, 0.2) is 40.8 Å². The molecule has 0 unspecified atom stereocenters. The van der Waals surface area contributed by atoms with Crippen LogP contribution < -0.4 is 5.32 Å². The average Bonchev–Trinajstić information content (AvgIpc) is 2.98. The first kappa shape index (κ1) is 16.5. The van der Waals surface area contributed by atoms with Crippen molar-refractivity contribution >= 4 is 35.1 Å². The Bertz CT molecular complexity index is 902. The lowest BCUT2D eigenvalue weighted by atomic mass is 10.2. The number of aromatic nitrogens is 2. The minimum Gasteiger partial charge on any atom is -0.451 e. The third-order valence-corrected chi connectivity index (χ3v) is 4.07. The number of nitrogens with one attached hydrogen (secondary N) is 1. The van der Waals surface area contributed by atoms with Crippen molar-refractivity contribution in [2.75, 3.05) is 5.32 Å². The third-order valence-electron chi connectivity index (χ3n) is 3.25. The Morgan fingerprint density at radius 2 is 1.79 bits per heavy atom. The van der Waals surface area contributed by atoms with Crippen LogP contribution in [0.5, 0.6) is 0 Å². The summed E-state index contributed by atoms with van der Waals surface area (Å²) in [5.41, 5.74) is 2.15. The number of amides is 1. The zero-order valence-corrected chi connectivity index (χ0v) is 14.4. The summed E-state index contributed by atoms with van der Waals surface area (Å²) in [6.45, 7) is 3.66. The van der Waals surface area contributed by atoms with Crippen molar-refractivity contribution in [3.8, 4) is 11.3 Å². The topological polar surface area (TPSA) is 68.0 Å². The Balaban J connectivity index is 1.85. The molecule has 24 heavy (non-hydrogen) atoms. The third kappa shape index (κ3) is 3.42. The normalized spacial score (nSPS) is 10.7. The van der Waals surface area contributed by atoms with Crippen molar-refractivity contribution in [2.45, 2.75) is 13.8 Å². The number of rotatable bonds is 3. The van der Waals surface area contributed by atoms with Crippen molar-refractivity contribution in [3.63, 3.8) is 0 Å². The first-order valence-corrected chi connectivity index (χ1v) is 7.87. The van der Waals surface area contributed by atoms with E-state index in [1.807, 2.05) is 19.9 Å². The number of halogens is 2. The predicted molar refractivity (Wildman–Crippen MR) is 93.6 cm³/mol. The minimum absolute atomic E-state index is 0.129. The van der Waals surface area contributed by atoms with Gasteiger partial charge in [-0.05, 0) is 44.2 Å². The first-order valence-electron chi connectivity index (χ1n) is 7.12. The lowest BCUT2D eigenvalue weighted by Crippen LogP contribution is -2.14. The minimum atomic E-state index is -0.440. The van der Waals surface area contributed by atoms with E-state index < -0.39 is 5.91 Å². The molecule has 0 aliphatic rings. The summed E-state index contributed by atoms with van der Waals surface area (Å²) in [6.07, 6.45) is 0. The molecule has 0 bridgehead atoms. The zero-order chi connectivity index (χ0) is 17.3. The molecule has 3 aromatic rings. The number of hydrogen-bond donors (Lipinski definition) is 1. The molecule has 2 heterocycles. The van der Waals surface area contributed by atoms with Gasteiger partial charge in [-0.3, -0.25) is 10.1 Å². The Labute approximate surface area is 148 Å². The largest absolute Gasteiger partial charge is 0.451 e. The molecule has 5 nitrogen and oxygen atoms in total. The molecule has 7 heteroatoms. The number of hydrogen-bond acceptors (Lipinski definition) is 4. The summed E-state index contributed by atoms with van der Waals surface area (Å²) < 4.78 is 5.59. The highest BCUT2D eigenvalue weighted by Gasteiger charge is 2.16. The molecule has 0 fully saturated rings. The van der Waals surface area contributed by atoms with E-state index in [9.17, 15) is 4.79 Å². The smallest absolute Gasteiger partial charge is 0.293 e. The maximum Gasteiger partial charge on any atom is 0.293 e. The summed E-state index contributed by atoms with van der Waals surface area (Å²) in [4.78, 5) is 20.6. The van der Waals surface area contributed by atoms with Crippen LogP contribution in [-0.2, 0) is 0 Å². The van der Waals surface area contributed by atoms with Gasteiger partial charge in [-0.25, -0.2) is 9.97 Å². The molecule has 1 aromatic carbocycles. The highest BCUT2D eigenvalue weighted by Crippen LogP contribution is 2.34. The van der Waals surface area contributed by atoms with Crippen molar-refractivity contribution in [3.05, 3.63) is 63.6 Å². The van der Waals surface area contributed by atoms with E-state index in [1.54, 1.807) is 30.3 Å². The van der Waals surface area contributed by atoms with E-state index in [0.717, 1.165) is 11.4 Å². The summed E-state index contributed by atoms with van der Waals surface area (Å²) in [5, 5.41) is 3.41.